The number of ether oxygens (including phenoxy) is 2. The lowest BCUT2D eigenvalue weighted by molar-refractivity contribution is -0.116. The third-order valence-electron chi connectivity index (χ3n) is 5.46. The van der Waals surface area contributed by atoms with Gasteiger partial charge in [-0.25, -0.2) is 13.1 Å². The number of rotatable bonds is 9. The number of carbonyl (C=O) groups is 2. The lowest BCUT2D eigenvalue weighted by atomic mass is 10.0. The highest BCUT2D eigenvalue weighted by atomic mass is 32.2. The first-order valence-electron chi connectivity index (χ1n) is 10.7. The summed E-state index contributed by atoms with van der Waals surface area (Å²) < 4.78 is 37.9. The topological polar surface area (TPSA) is 114 Å². The maximum absolute atomic E-state index is 12.9. The molecule has 1 aliphatic rings. The largest absolute Gasteiger partial charge is 0.493 e. The molecule has 0 spiro atoms. The average Bonchev–Trinajstić information content (AvgIpc) is 3.33. The number of aryl methyl sites for hydroxylation is 1. The van der Waals surface area contributed by atoms with Crippen molar-refractivity contribution < 1.29 is 27.5 Å². The molecule has 1 saturated heterocycles. The van der Waals surface area contributed by atoms with Crippen molar-refractivity contribution in [2.45, 2.75) is 31.1 Å². The van der Waals surface area contributed by atoms with Gasteiger partial charge in [-0.15, -0.1) is 0 Å². The highest BCUT2D eigenvalue weighted by molar-refractivity contribution is 7.89. The normalized spacial score (nSPS) is 13.6. The average molecular weight is 476 g/mol. The molecule has 178 valence electrons. The quantitative estimate of drug-likeness (QED) is 0.576. The number of methoxy groups -OCH3 is 2. The molecule has 0 saturated carbocycles. The molecule has 0 unspecified atom stereocenters. The Hall–Kier alpha value is -3.11. The van der Waals surface area contributed by atoms with Crippen LogP contribution in [0, 0.1) is 6.92 Å². The predicted octanol–water partition coefficient (Wildman–Crippen LogP) is 2.56. The van der Waals surface area contributed by atoms with E-state index in [2.05, 4.69) is 10.0 Å². The Bertz CT molecular complexity index is 1130. The Kier molecular flexibility index (Phi) is 7.93. The second-order valence-electron chi connectivity index (χ2n) is 7.71. The summed E-state index contributed by atoms with van der Waals surface area (Å²) in [6, 6.07) is 9.53. The number of hydrogen-bond donors (Lipinski definition) is 2. The van der Waals surface area contributed by atoms with Crippen molar-refractivity contribution in [3.8, 4) is 11.5 Å². The van der Waals surface area contributed by atoms with Crippen LogP contribution in [-0.4, -0.2) is 59.0 Å². The Morgan fingerprint density at radius 3 is 2.39 bits per heavy atom. The zero-order valence-electron chi connectivity index (χ0n) is 19.0. The van der Waals surface area contributed by atoms with E-state index >= 15 is 0 Å². The first-order chi connectivity index (χ1) is 15.8. The summed E-state index contributed by atoms with van der Waals surface area (Å²) in [6.45, 7) is 3.14. The van der Waals surface area contributed by atoms with Gasteiger partial charge in [0.2, 0.25) is 15.9 Å². The fourth-order valence-corrected chi connectivity index (χ4v) is 4.76. The van der Waals surface area contributed by atoms with Crippen LogP contribution >= 0.6 is 0 Å². The number of carbonyl (C=O) groups excluding carboxylic acids is 2. The zero-order valence-corrected chi connectivity index (χ0v) is 19.8. The Morgan fingerprint density at radius 2 is 1.73 bits per heavy atom. The van der Waals surface area contributed by atoms with Crippen molar-refractivity contribution in [1.82, 2.24) is 9.62 Å². The van der Waals surface area contributed by atoms with Gasteiger partial charge in [0.15, 0.2) is 11.5 Å². The van der Waals surface area contributed by atoms with E-state index in [1.165, 1.54) is 32.4 Å². The van der Waals surface area contributed by atoms with Gasteiger partial charge in [0, 0.05) is 32.1 Å². The van der Waals surface area contributed by atoms with Crippen molar-refractivity contribution >= 4 is 27.5 Å². The number of hydrogen-bond acceptors (Lipinski definition) is 6. The number of amides is 2. The fourth-order valence-electron chi connectivity index (χ4n) is 3.71. The molecule has 2 aromatic carbocycles. The molecule has 9 nitrogen and oxygen atoms in total. The molecule has 1 heterocycles. The molecule has 10 heteroatoms. The van der Waals surface area contributed by atoms with Gasteiger partial charge in [-0.1, -0.05) is 12.1 Å². The van der Waals surface area contributed by atoms with Crippen LogP contribution in [0.4, 0.5) is 5.69 Å². The molecule has 2 aromatic rings. The molecular formula is C23H29N3O6S. The van der Waals surface area contributed by atoms with Crippen LogP contribution in [-0.2, 0) is 14.8 Å². The number of anilines is 1. The second kappa shape index (κ2) is 10.7. The molecule has 3 rings (SSSR count). The summed E-state index contributed by atoms with van der Waals surface area (Å²) >= 11 is 0. The molecule has 2 amide bonds. The molecule has 0 bridgehead atoms. The minimum Gasteiger partial charge on any atom is -0.493 e. The smallest absolute Gasteiger partial charge is 0.256 e. The summed E-state index contributed by atoms with van der Waals surface area (Å²) in [7, 11) is -0.976. The summed E-state index contributed by atoms with van der Waals surface area (Å²) in [4.78, 5) is 27.2. The SMILES string of the molecule is COc1ccc(S(=O)(=O)NCCC(=O)Nc2cccc(C)c2C(=O)N2CCCC2)cc1OC. The molecule has 0 aromatic heterocycles. The van der Waals surface area contributed by atoms with Crippen molar-refractivity contribution in [3.63, 3.8) is 0 Å². The van der Waals surface area contributed by atoms with Crippen LogP contribution in [0.5, 0.6) is 11.5 Å². The highest BCUT2D eigenvalue weighted by Gasteiger charge is 2.24. The Balaban J connectivity index is 1.63. The van der Waals surface area contributed by atoms with Crippen LogP contribution in [0.15, 0.2) is 41.3 Å². The van der Waals surface area contributed by atoms with E-state index in [9.17, 15) is 18.0 Å². The molecular weight excluding hydrogens is 446 g/mol. The van der Waals surface area contributed by atoms with E-state index in [0.717, 1.165) is 18.4 Å². The van der Waals surface area contributed by atoms with Gasteiger partial charge >= 0.3 is 0 Å². The van der Waals surface area contributed by atoms with Gasteiger partial charge in [-0.3, -0.25) is 9.59 Å². The lowest BCUT2D eigenvalue weighted by Crippen LogP contribution is -2.30. The van der Waals surface area contributed by atoms with Gasteiger partial charge < -0.3 is 19.7 Å². The van der Waals surface area contributed by atoms with E-state index in [0.29, 0.717) is 30.1 Å². The van der Waals surface area contributed by atoms with Crippen molar-refractivity contribution in [3.05, 3.63) is 47.5 Å². The minimum atomic E-state index is -3.85. The standard InChI is InChI=1S/C23H29N3O6S/c1-16-7-6-8-18(22(16)23(28)26-13-4-5-14-26)25-21(27)11-12-24-33(29,30)17-9-10-19(31-2)20(15-17)32-3/h6-10,15,24H,4-5,11-14H2,1-3H3,(H,25,27). The molecule has 0 atom stereocenters. The van der Waals surface area contributed by atoms with E-state index in [1.807, 2.05) is 13.0 Å². The first-order valence-corrected chi connectivity index (χ1v) is 12.2. The number of nitrogens with one attached hydrogen (secondary N) is 2. The predicted molar refractivity (Wildman–Crippen MR) is 124 cm³/mol. The van der Waals surface area contributed by atoms with E-state index in [4.69, 9.17) is 9.47 Å². The summed E-state index contributed by atoms with van der Waals surface area (Å²) in [5.74, 6) is 0.196. The van der Waals surface area contributed by atoms with Gasteiger partial charge in [-0.2, -0.15) is 0 Å². The molecule has 1 aliphatic heterocycles. The summed E-state index contributed by atoms with van der Waals surface area (Å²) in [6.07, 6.45) is 1.84. The zero-order chi connectivity index (χ0) is 24.0. The van der Waals surface area contributed by atoms with Crippen molar-refractivity contribution in [1.29, 1.82) is 0 Å². The lowest BCUT2D eigenvalue weighted by Gasteiger charge is -2.19. The van der Waals surface area contributed by atoms with Crippen LogP contribution in [0.1, 0.15) is 35.2 Å². The van der Waals surface area contributed by atoms with E-state index in [-0.39, 0.29) is 29.5 Å². The summed E-state index contributed by atoms with van der Waals surface area (Å²) in [5, 5.41) is 2.76. The number of nitrogens with zero attached hydrogens (tertiary/aromatic N) is 1. The van der Waals surface area contributed by atoms with Gasteiger partial charge in [0.25, 0.3) is 5.91 Å². The maximum Gasteiger partial charge on any atom is 0.256 e. The monoisotopic (exact) mass is 475 g/mol. The molecule has 0 aliphatic carbocycles. The molecule has 1 fully saturated rings. The van der Waals surface area contributed by atoms with E-state index < -0.39 is 15.9 Å². The fraction of sp³-hybridized carbons (Fsp3) is 0.391. The minimum absolute atomic E-state index is 0.00209. The second-order valence-corrected chi connectivity index (χ2v) is 9.48. The maximum atomic E-state index is 12.9. The molecule has 33 heavy (non-hydrogen) atoms. The van der Waals surface area contributed by atoms with E-state index in [1.54, 1.807) is 17.0 Å². The Morgan fingerprint density at radius 1 is 1.03 bits per heavy atom. The van der Waals surface area contributed by atoms with Gasteiger partial charge in [0.1, 0.15) is 0 Å². The number of likely N-dealkylation sites (tertiary alicyclic amines) is 1. The van der Waals surface area contributed by atoms with Crippen molar-refractivity contribution in [2.75, 3.05) is 39.2 Å². The van der Waals surface area contributed by atoms with Crippen molar-refractivity contribution in [2.24, 2.45) is 0 Å². The summed E-state index contributed by atoms with van der Waals surface area (Å²) in [5.41, 5.74) is 1.68. The van der Waals surface area contributed by atoms with Gasteiger partial charge in [-0.05, 0) is 43.5 Å². The molecule has 0 radical (unpaired) electrons. The first kappa shape index (κ1) is 24.5. The van der Waals surface area contributed by atoms with Crippen LogP contribution in [0.25, 0.3) is 0 Å². The third kappa shape index (κ3) is 5.82. The third-order valence-corrected chi connectivity index (χ3v) is 6.92. The highest BCUT2D eigenvalue weighted by Crippen LogP contribution is 2.29. The Labute approximate surface area is 194 Å². The van der Waals surface area contributed by atoms with Crippen LogP contribution in [0.3, 0.4) is 0 Å². The number of sulfonamides is 1. The van der Waals surface area contributed by atoms with Gasteiger partial charge in [0.05, 0.1) is 30.4 Å². The number of benzene rings is 2. The van der Waals surface area contributed by atoms with Crippen LogP contribution in [0.2, 0.25) is 0 Å². The van der Waals surface area contributed by atoms with Crippen LogP contribution < -0.4 is 19.5 Å². The molecule has 2 N–H and O–H groups in total.